The topological polar surface area (TPSA) is 60.6 Å². The van der Waals surface area contributed by atoms with E-state index < -0.39 is 0 Å². The van der Waals surface area contributed by atoms with Crippen LogP contribution in [0, 0.1) is 0 Å². The van der Waals surface area contributed by atoms with Gasteiger partial charge in [0.1, 0.15) is 13.2 Å². The largest absolute Gasteiger partial charge is 0.486 e. The van der Waals surface area contributed by atoms with Crippen molar-refractivity contribution in [2.75, 3.05) is 25.5 Å². The Morgan fingerprint density at radius 3 is 3.09 bits per heavy atom. The first-order valence-corrected chi connectivity index (χ1v) is 8.45. The molecule has 1 aromatic heterocycles. The summed E-state index contributed by atoms with van der Waals surface area (Å²) in [6.07, 6.45) is 4.23. The molecule has 2 N–H and O–H groups in total. The number of nitrogen functional groups attached to an aromatic ring is 1. The summed E-state index contributed by atoms with van der Waals surface area (Å²) < 4.78 is 11.6. The van der Waals surface area contributed by atoms with Crippen molar-refractivity contribution in [1.29, 1.82) is 0 Å². The van der Waals surface area contributed by atoms with Crippen molar-refractivity contribution < 1.29 is 9.47 Å². The number of thiazole rings is 1. The summed E-state index contributed by atoms with van der Waals surface area (Å²) in [6.45, 7) is 3.24. The maximum absolute atomic E-state index is 5.89. The van der Waals surface area contributed by atoms with Gasteiger partial charge >= 0.3 is 0 Å². The van der Waals surface area contributed by atoms with Crippen molar-refractivity contribution in [2.45, 2.75) is 25.4 Å². The molecule has 0 saturated carbocycles. The van der Waals surface area contributed by atoms with Crippen LogP contribution in [0.1, 0.15) is 29.3 Å². The maximum Gasteiger partial charge on any atom is 0.180 e. The van der Waals surface area contributed by atoms with Crippen LogP contribution < -0.4 is 15.2 Å². The van der Waals surface area contributed by atoms with Gasteiger partial charge in [0, 0.05) is 29.2 Å². The van der Waals surface area contributed by atoms with Gasteiger partial charge in [0.15, 0.2) is 16.6 Å². The van der Waals surface area contributed by atoms with Gasteiger partial charge in [-0.15, -0.1) is 11.3 Å². The molecule has 6 heteroatoms. The molecule has 0 bridgehead atoms. The highest BCUT2D eigenvalue weighted by Crippen LogP contribution is 2.43. The number of rotatable bonds is 3. The number of anilines is 1. The van der Waals surface area contributed by atoms with E-state index in [0.717, 1.165) is 31.0 Å². The van der Waals surface area contributed by atoms with Gasteiger partial charge in [0.25, 0.3) is 0 Å². The minimum Gasteiger partial charge on any atom is -0.486 e. The molecule has 5 nitrogen and oxygen atoms in total. The Kier molecular flexibility index (Phi) is 3.63. The fraction of sp³-hybridized carbons (Fsp3) is 0.438. The van der Waals surface area contributed by atoms with E-state index in [1.165, 1.54) is 16.9 Å². The summed E-state index contributed by atoms with van der Waals surface area (Å²) in [5.74, 6) is 1.80. The van der Waals surface area contributed by atoms with Crippen LogP contribution in [0.3, 0.4) is 0 Å². The first-order valence-electron chi connectivity index (χ1n) is 7.64. The molecule has 4 rings (SSSR count). The summed E-state index contributed by atoms with van der Waals surface area (Å²) in [4.78, 5) is 7.85. The first kappa shape index (κ1) is 13.8. The normalized spacial score (nSPS) is 21.2. The number of ether oxygens (including phenoxy) is 2. The number of fused-ring (bicyclic) bond motifs is 1. The smallest absolute Gasteiger partial charge is 0.180 e. The van der Waals surface area contributed by atoms with Gasteiger partial charge < -0.3 is 15.2 Å². The monoisotopic (exact) mass is 317 g/mol. The molecule has 116 valence electrons. The van der Waals surface area contributed by atoms with Crippen LogP contribution in [0.2, 0.25) is 0 Å². The number of nitrogens with two attached hydrogens (primary N) is 1. The van der Waals surface area contributed by atoms with Gasteiger partial charge in [-0.05, 0) is 25.5 Å². The Balaban J connectivity index is 1.61. The molecule has 1 unspecified atom stereocenters. The number of hydrogen-bond donors (Lipinski definition) is 1. The molecule has 1 fully saturated rings. The lowest BCUT2D eigenvalue weighted by Crippen LogP contribution is -2.24. The zero-order valence-corrected chi connectivity index (χ0v) is 13.1. The van der Waals surface area contributed by atoms with Crippen LogP contribution in [0.4, 0.5) is 5.13 Å². The molecule has 0 amide bonds. The van der Waals surface area contributed by atoms with E-state index in [1.807, 2.05) is 12.3 Å². The fourth-order valence-electron chi connectivity index (χ4n) is 3.32. The molecule has 2 aromatic rings. The predicted octanol–water partition coefficient (Wildman–Crippen LogP) is 2.83. The van der Waals surface area contributed by atoms with Crippen LogP contribution in [-0.4, -0.2) is 29.6 Å². The van der Waals surface area contributed by atoms with Crippen molar-refractivity contribution >= 4 is 16.5 Å². The van der Waals surface area contributed by atoms with Crippen molar-refractivity contribution in [1.82, 2.24) is 9.88 Å². The molecule has 2 aliphatic heterocycles. The van der Waals surface area contributed by atoms with Crippen LogP contribution in [0.25, 0.3) is 0 Å². The van der Waals surface area contributed by atoms with Crippen LogP contribution in [0.15, 0.2) is 24.4 Å². The van der Waals surface area contributed by atoms with Gasteiger partial charge in [-0.3, -0.25) is 4.90 Å². The van der Waals surface area contributed by atoms with Crippen molar-refractivity contribution in [3.05, 3.63) is 34.8 Å². The molecule has 22 heavy (non-hydrogen) atoms. The summed E-state index contributed by atoms with van der Waals surface area (Å²) in [7, 11) is 0. The number of hydrogen-bond acceptors (Lipinski definition) is 6. The molecule has 1 aromatic carbocycles. The number of benzene rings is 1. The second-order valence-electron chi connectivity index (χ2n) is 5.66. The second kappa shape index (κ2) is 5.78. The predicted molar refractivity (Wildman–Crippen MR) is 86.3 cm³/mol. The molecular formula is C16H19N3O2S. The van der Waals surface area contributed by atoms with Gasteiger partial charge in [-0.1, -0.05) is 12.1 Å². The lowest BCUT2D eigenvalue weighted by molar-refractivity contribution is 0.163. The van der Waals surface area contributed by atoms with Crippen LogP contribution in [-0.2, 0) is 6.54 Å². The number of likely N-dealkylation sites (tertiary alicyclic amines) is 1. The summed E-state index contributed by atoms with van der Waals surface area (Å²) >= 11 is 1.57. The zero-order valence-electron chi connectivity index (χ0n) is 12.3. The van der Waals surface area contributed by atoms with Gasteiger partial charge in [-0.25, -0.2) is 4.98 Å². The molecule has 1 atom stereocenters. The Bertz CT molecular complexity index is 673. The van der Waals surface area contributed by atoms with Crippen molar-refractivity contribution in [3.63, 3.8) is 0 Å². The van der Waals surface area contributed by atoms with E-state index in [9.17, 15) is 0 Å². The third-order valence-corrected chi connectivity index (χ3v) is 5.06. The fourth-order valence-corrected chi connectivity index (χ4v) is 4.03. The third kappa shape index (κ3) is 2.53. The molecule has 1 saturated heterocycles. The van der Waals surface area contributed by atoms with E-state index >= 15 is 0 Å². The molecular weight excluding hydrogens is 298 g/mol. The average Bonchev–Trinajstić information content (AvgIpc) is 3.16. The maximum atomic E-state index is 5.89. The number of para-hydroxylation sites is 1. The van der Waals surface area contributed by atoms with E-state index in [0.29, 0.717) is 24.4 Å². The quantitative estimate of drug-likeness (QED) is 0.943. The summed E-state index contributed by atoms with van der Waals surface area (Å²) in [5.41, 5.74) is 6.98. The highest BCUT2D eigenvalue weighted by atomic mass is 32.1. The Hall–Kier alpha value is -1.79. The lowest BCUT2D eigenvalue weighted by atomic mass is 10.0. The lowest BCUT2D eigenvalue weighted by Gasteiger charge is -2.28. The van der Waals surface area contributed by atoms with Crippen LogP contribution >= 0.6 is 11.3 Å². The van der Waals surface area contributed by atoms with E-state index in [2.05, 4.69) is 22.0 Å². The highest BCUT2D eigenvalue weighted by Gasteiger charge is 2.30. The van der Waals surface area contributed by atoms with E-state index in [4.69, 9.17) is 15.2 Å². The van der Waals surface area contributed by atoms with Gasteiger partial charge in [0.2, 0.25) is 0 Å². The van der Waals surface area contributed by atoms with Crippen molar-refractivity contribution in [2.24, 2.45) is 0 Å². The second-order valence-corrected chi connectivity index (χ2v) is 6.81. The minimum atomic E-state index is 0.375. The highest BCUT2D eigenvalue weighted by molar-refractivity contribution is 7.15. The molecule has 2 aliphatic rings. The zero-order chi connectivity index (χ0) is 14.9. The SMILES string of the molecule is Nc1ncc(CN2CCCC2c2cccc3c2OCCO3)s1. The average molecular weight is 317 g/mol. The molecule has 0 radical (unpaired) electrons. The molecule has 3 heterocycles. The summed E-state index contributed by atoms with van der Waals surface area (Å²) in [6, 6.07) is 6.59. The van der Waals surface area contributed by atoms with Gasteiger partial charge in [-0.2, -0.15) is 0 Å². The summed E-state index contributed by atoms with van der Waals surface area (Å²) in [5, 5.41) is 0.638. The van der Waals surface area contributed by atoms with Crippen molar-refractivity contribution in [3.8, 4) is 11.5 Å². The number of nitrogens with zero attached hydrogens (tertiary/aromatic N) is 2. The Morgan fingerprint density at radius 1 is 1.32 bits per heavy atom. The first-order chi connectivity index (χ1) is 10.8. The third-order valence-electron chi connectivity index (χ3n) is 4.25. The molecule has 0 spiro atoms. The Morgan fingerprint density at radius 2 is 2.23 bits per heavy atom. The Labute approximate surface area is 133 Å². The van der Waals surface area contributed by atoms with E-state index in [-0.39, 0.29) is 0 Å². The number of aromatic nitrogens is 1. The van der Waals surface area contributed by atoms with Crippen LogP contribution in [0.5, 0.6) is 11.5 Å². The van der Waals surface area contributed by atoms with Gasteiger partial charge in [0.05, 0.1) is 0 Å². The minimum absolute atomic E-state index is 0.375. The molecule has 0 aliphatic carbocycles. The van der Waals surface area contributed by atoms with E-state index in [1.54, 1.807) is 11.3 Å². The standard InChI is InChI=1S/C16H19N3O2S/c17-16-18-9-11(22-16)10-19-6-2-4-13(19)12-3-1-5-14-15(12)21-8-7-20-14/h1,3,5,9,13H,2,4,6-8,10H2,(H2,17,18).